The first kappa shape index (κ1) is 23.6. The quantitative estimate of drug-likeness (QED) is 0.526. The molecule has 0 spiro atoms. The largest absolute Gasteiger partial charge is 0.459 e. The van der Waals surface area contributed by atoms with Crippen LogP contribution in [0.2, 0.25) is 0 Å². The number of nitrogens with one attached hydrogen (secondary N) is 2. The fraction of sp³-hybridized carbons (Fsp3) is 0.579. The summed E-state index contributed by atoms with van der Waals surface area (Å²) >= 11 is 0. The van der Waals surface area contributed by atoms with Crippen LogP contribution < -0.4 is 10.6 Å². The molecule has 2 N–H and O–H groups in total. The zero-order chi connectivity index (χ0) is 22.3. The van der Waals surface area contributed by atoms with Gasteiger partial charge in [-0.1, -0.05) is 27.2 Å². The van der Waals surface area contributed by atoms with E-state index >= 15 is 0 Å². The Morgan fingerprint density at radius 3 is 2.50 bits per heavy atom. The first-order chi connectivity index (χ1) is 14.1. The summed E-state index contributed by atoms with van der Waals surface area (Å²) in [5, 5.41) is 12.2. The van der Waals surface area contributed by atoms with Gasteiger partial charge in [-0.05, 0) is 30.9 Å². The maximum Gasteiger partial charge on any atom is 0.401 e. The Morgan fingerprint density at radius 1 is 1.20 bits per heavy atom. The van der Waals surface area contributed by atoms with Crippen molar-refractivity contribution in [3.8, 4) is 11.7 Å². The minimum Gasteiger partial charge on any atom is -0.459 e. The highest BCUT2D eigenvalue weighted by Gasteiger charge is 2.33. The van der Waals surface area contributed by atoms with Crippen LogP contribution >= 0.6 is 0 Å². The van der Waals surface area contributed by atoms with Crippen molar-refractivity contribution in [2.75, 3.05) is 6.54 Å². The minimum atomic E-state index is -4.46. The van der Waals surface area contributed by atoms with Gasteiger partial charge in [-0.15, -0.1) is 10.2 Å². The zero-order valence-electron chi connectivity index (χ0n) is 17.0. The van der Waals surface area contributed by atoms with Crippen molar-refractivity contribution in [1.82, 2.24) is 20.8 Å². The molecule has 0 aliphatic heterocycles. The van der Waals surface area contributed by atoms with Gasteiger partial charge in [-0.3, -0.25) is 14.9 Å². The Labute approximate surface area is 171 Å². The predicted molar refractivity (Wildman–Crippen MR) is 100 cm³/mol. The second kappa shape index (κ2) is 10.4. The van der Waals surface area contributed by atoms with E-state index in [4.69, 9.17) is 8.83 Å². The summed E-state index contributed by atoms with van der Waals surface area (Å²) in [4.78, 5) is 25.4. The van der Waals surface area contributed by atoms with Crippen LogP contribution in [0.5, 0.6) is 0 Å². The number of Topliss-reactive ketones (excluding diaryl/α,β-unsaturated/α-hetero) is 1. The van der Waals surface area contributed by atoms with Gasteiger partial charge in [0.1, 0.15) is 0 Å². The number of rotatable bonds is 11. The number of carbonyl (C=O) groups is 2. The number of aromatic nitrogens is 2. The summed E-state index contributed by atoms with van der Waals surface area (Å²) in [6.07, 6.45) is -2.07. The van der Waals surface area contributed by atoms with Crippen molar-refractivity contribution in [2.24, 2.45) is 5.92 Å². The fourth-order valence-electron chi connectivity index (χ4n) is 2.79. The molecule has 0 saturated heterocycles. The maximum atomic E-state index is 12.8. The predicted octanol–water partition coefficient (Wildman–Crippen LogP) is 3.36. The van der Waals surface area contributed by atoms with Crippen molar-refractivity contribution in [3.63, 3.8) is 0 Å². The van der Waals surface area contributed by atoms with E-state index in [0.29, 0.717) is 6.42 Å². The van der Waals surface area contributed by atoms with Crippen LogP contribution in [0.4, 0.5) is 13.2 Å². The first-order valence-corrected chi connectivity index (χ1v) is 9.62. The normalized spacial score (nSPS) is 14.0. The third-order valence-corrected chi connectivity index (χ3v) is 4.15. The average Bonchev–Trinajstić information content (AvgIpc) is 3.34. The van der Waals surface area contributed by atoms with Gasteiger partial charge >= 0.3 is 6.18 Å². The molecule has 0 aliphatic rings. The second-order valence-electron chi connectivity index (χ2n) is 7.28. The smallest absolute Gasteiger partial charge is 0.401 e. The number of nitrogens with zero attached hydrogens (tertiary/aromatic N) is 2. The van der Waals surface area contributed by atoms with Crippen molar-refractivity contribution in [3.05, 3.63) is 24.3 Å². The lowest BCUT2D eigenvalue weighted by Gasteiger charge is -2.23. The van der Waals surface area contributed by atoms with E-state index in [1.807, 2.05) is 6.92 Å². The van der Waals surface area contributed by atoms with Crippen LogP contribution in [-0.2, 0) is 4.79 Å². The summed E-state index contributed by atoms with van der Waals surface area (Å²) in [5.41, 5.74) is 0. The number of ketones is 1. The molecule has 0 bridgehead atoms. The van der Waals surface area contributed by atoms with Gasteiger partial charge < -0.3 is 14.2 Å². The molecule has 8 nitrogen and oxygen atoms in total. The highest BCUT2D eigenvalue weighted by Crippen LogP contribution is 2.19. The van der Waals surface area contributed by atoms with E-state index < -0.39 is 36.5 Å². The molecule has 0 fully saturated rings. The Morgan fingerprint density at radius 2 is 1.93 bits per heavy atom. The molecule has 0 saturated carbocycles. The van der Waals surface area contributed by atoms with Crippen molar-refractivity contribution >= 4 is 11.7 Å². The Hall–Kier alpha value is -2.69. The van der Waals surface area contributed by atoms with Gasteiger partial charge in [0.2, 0.25) is 11.7 Å². The van der Waals surface area contributed by atoms with Crippen LogP contribution in [0, 0.1) is 5.92 Å². The van der Waals surface area contributed by atoms with Crippen molar-refractivity contribution in [1.29, 1.82) is 0 Å². The number of halogens is 3. The SMILES string of the molecule is CCC[C@H](NC(=O)[C@H](CC(C)C)NCC(F)(F)F)C(=O)c1nnc(-c2ccco2)o1. The van der Waals surface area contributed by atoms with Crippen LogP contribution in [-0.4, -0.2) is 46.7 Å². The molecule has 30 heavy (non-hydrogen) atoms. The summed E-state index contributed by atoms with van der Waals surface area (Å²) in [7, 11) is 0. The molecule has 166 valence electrons. The van der Waals surface area contributed by atoms with Gasteiger partial charge in [-0.2, -0.15) is 13.2 Å². The topological polar surface area (TPSA) is 110 Å². The Bertz CT molecular complexity index is 818. The summed E-state index contributed by atoms with van der Waals surface area (Å²) in [6.45, 7) is 4.08. The van der Waals surface area contributed by atoms with Crippen LogP contribution in [0.1, 0.15) is 50.7 Å². The van der Waals surface area contributed by atoms with Crippen LogP contribution in [0.25, 0.3) is 11.7 Å². The lowest BCUT2D eigenvalue weighted by atomic mass is 10.0. The van der Waals surface area contributed by atoms with E-state index in [1.54, 1.807) is 26.0 Å². The number of hydrogen-bond donors (Lipinski definition) is 2. The molecule has 0 aromatic carbocycles. The molecule has 1 amide bonds. The number of amides is 1. The number of alkyl halides is 3. The Kier molecular flexibility index (Phi) is 8.16. The number of hydrogen-bond acceptors (Lipinski definition) is 7. The third-order valence-electron chi connectivity index (χ3n) is 4.15. The summed E-state index contributed by atoms with van der Waals surface area (Å²) < 4.78 is 48.2. The van der Waals surface area contributed by atoms with Gasteiger partial charge in [0.25, 0.3) is 11.8 Å². The third kappa shape index (κ3) is 6.97. The zero-order valence-corrected chi connectivity index (χ0v) is 17.0. The van der Waals surface area contributed by atoms with Crippen molar-refractivity contribution < 1.29 is 31.6 Å². The lowest BCUT2D eigenvalue weighted by Crippen LogP contribution is -2.52. The first-order valence-electron chi connectivity index (χ1n) is 9.62. The van der Waals surface area contributed by atoms with E-state index in [1.165, 1.54) is 6.26 Å². The van der Waals surface area contributed by atoms with Gasteiger partial charge in [0, 0.05) is 0 Å². The highest BCUT2D eigenvalue weighted by atomic mass is 19.4. The molecule has 2 heterocycles. The lowest BCUT2D eigenvalue weighted by molar-refractivity contribution is -0.132. The van der Waals surface area contributed by atoms with Crippen LogP contribution in [0.15, 0.2) is 27.2 Å². The van der Waals surface area contributed by atoms with Gasteiger partial charge in [0.15, 0.2) is 5.76 Å². The minimum absolute atomic E-state index is 0.00875. The van der Waals surface area contributed by atoms with Crippen LogP contribution in [0.3, 0.4) is 0 Å². The van der Waals surface area contributed by atoms with E-state index in [9.17, 15) is 22.8 Å². The highest BCUT2D eigenvalue weighted by molar-refractivity contribution is 5.99. The molecular formula is C19H25F3N4O4. The molecule has 2 atom stereocenters. The maximum absolute atomic E-state index is 12.8. The van der Waals surface area contributed by atoms with E-state index in [2.05, 4.69) is 20.8 Å². The van der Waals surface area contributed by atoms with E-state index in [0.717, 1.165) is 0 Å². The van der Waals surface area contributed by atoms with E-state index in [-0.39, 0.29) is 36.3 Å². The summed E-state index contributed by atoms with van der Waals surface area (Å²) in [5.74, 6) is -1.36. The second-order valence-corrected chi connectivity index (χ2v) is 7.28. The molecular weight excluding hydrogens is 405 g/mol. The average molecular weight is 430 g/mol. The van der Waals surface area contributed by atoms with Crippen molar-refractivity contribution in [2.45, 2.75) is 58.3 Å². The Balaban J connectivity index is 2.11. The molecule has 2 rings (SSSR count). The monoisotopic (exact) mass is 430 g/mol. The molecule has 0 unspecified atom stereocenters. The van der Waals surface area contributed by atoms with Gasteiger partial charge in [0.05, 0.1) is 24.9 Å². The van der Waals surface area contributed by atoms with Gasteiger partial charge in [-0.25, -0.2) is 0 Å². The number of furan rings is 1. The molecule has 2 aromatic heterocycles. The molecule has 2 aromatic rings. The standard InChI is InChI=1S/C19H25F3N4O4/c1-4-6-12(15(27)18-26-25-17(30-18)14-7-5-8-29-14)24-16(28)13(9-11(2)3)23-10-19(20,21)22/h5,7-8,11-13,23H,4,6,9-10H2,1-3H3,(H,24,28)/t12-,13-/m0/s1. The fourth-order valence-corrected chi connectivity index (χ4v) is 2.79. The molecule has 11 heteroatoms. The molecule has 0 radical (unpaired) electrons. The molecule has 0 aliphatic carbocycles. The number of carbonyl (C=O) groups excluding carboxylic acids is 2. The summed E-state index contributed by atoms with van der Waals surface area (Å²) in [6, 6.07) is 1.09.